The molecular weight excluding hydrogens is 342 g/mol. The van der Waals surface area contributed by atoms with Crippen molar-refractivity contribution in [2.75, 3.05) is 62.7 Å². The van der Waals surface area contributed by atoms with Crippen molar-refractivity contribution >= 4 is 17.3 Å². The molecule has 8 heteroatoms. The minimum Gasteiger partial charge on any atom is -0.463 e. The van der Waals surface area contributed by atoms with E-state index in [0.717, 1.165) is 38.9 Å². The number of nitrogen functional groups attached to an aromatic ring is 2. The van der Waals surface area contributed by atoms with Gasteiger partial charge in [-0.2, -0.15) is 9.97 Å². The van der Waals surface area contributed by atoms with Gasteiger partial charge in [0.05, 0.1) is 6.61 Å². The highest BCUT2D eigenvalue weighted by Gasteiger charge is 2.10. The van der Waals surface area contributed by atoms with Crippen molar-refractivity contribution in [3.63, 3.8) is 0 Å². The fourth-order valence-corrected chi connectivity index (χ4v) is 3.13. The number of unbranched alkanes of at least 4 members (excludes halogenated alkanes) is 1. The van der Waals surface area contributed by atoms with E-state index in [1.54, 1.807) is 0 Å². The molecule has 0 aromatic carbocycles. The molecule has 1 aliphatic heterocycles. The molecule has 154 valence electrons. The molecule has 0 radical (unpaired) electrons. The van der Waals surface area contributed by atoms with E-state index < -0.39 is 0 Å². The van der Waals surface area contributed by atoms with Crippen LogP contribution in [0.1, 0.15) is 51.9 Å². The fraction of sp³-hybridized carbons (Fsp3) is 0.789. The van der Waals surface area contributed by atoms with E-state index >= 15 is 0 Å². The number of nitrogens with one attached hydrogen (secondary N) is 2. The predicted molar refractivity (Wildman–Crippen MR) is 112 cm³/mol. The Morgan fingerprint density at radius 2 is 1.78 bits per heavy atom. The summed E-state index contributed by atoms with van der Waals surface area (Å²) < 4.78 is 5.53. The normalized spacial score (nSPS) is 15.0. The highest BCUT2D eigenvalue weighted by atomic mass is 16.5. The first-order valence-electron chi connectivity index (χ1n) is 10.4. The first kappa shape index (κ1) is 21.5. The summed E-state index contributed by atoms with van der Waals surface area (Å²) in [7, 11) is 0. The van der Waals surface area contributed by atoms with Gasteiger partial charge in [0.15, 0.2) is 11.6 Å². The quantitative estimate of drug-likeness (QED) is 0.385. The standard InChI is InChI=1S/C19H37N7O/c1-2-3-15-27-19-24-17(21)16(20)18(25-19)23-11-7-9-22-10-8-14-26-12-5-4-6-13-26/h22H,2-15,20H2,1H3,(H3,21,23,24,25). The minimum atomic E-state index is 0.259. The van der Waals surface area contributed by atoms with Gasteiger partial charge in [0.1, 0.15) is 5.69 Å². The number of aromatic nitrogens is 2. The zero-order valence-corrected chi connectivity index (χ0v) is 16.8. The zero-order chi connectivity index (χ0) is 19.3. The molecule has 0 amide bonds. The van der Waals surface area contributed by atoms with Crippen LogP contribution in [0.4, 0.5) is 17.3 Å². The van der Waals surface area contributed by atoms with Crippen molar-refractivity contribution in [1.29, 1.82) is 0 Å². The summed E-state index contributed by atoms with van der Waals surface area (Å²) in [6.07, 6.45) is 8.33. The maximum Gasteiger partial charge on any atom is 0.320 e. The third-order valence-electron chi connectivity index (χ3n) is 4.78. The van der Waals surface area contributed by atoms with E-state index in [0.29, 0.717) is 18.1 Å². The third kappa shape index (κ3) is 8.17. The highest BCUT2D eigenvalue weighted by molar-refractivity contribution is 5.73. The van der Waals surface area contributed by atoms with Crippen molar-refractivity contribution in [1.82, 2.24) is 20.2 Å². The monoisotopic (exact) mass is 379 g/mol. The van der Waals surface area contributed by atoms with Gasteiger partial charge >= 0.3 is 6.01 Å². The van der Waals surface area contributed by atoms with Crippen LogP contribution < -0.4 is 26.8 Å². The van der Waals surface area contributed by atoms with Gasteiger partial charge in [-0.25, -0.2) is 0 Å². The van der Waals surface area contributed by atoms with Gasteiger partial charge in [-0.15, -0.1) is 0 Å². The number of piperidine rings is 1. The van der Waals surface area contributed by atoms with Crippen LogP contribution in [0.15, 0.2) is 0 Å². The van der Waals surface area contributed by atoms with Crippen molar-refractivity contribution in [3.8, 4) is 6.01 Å². The van der Waals surface area contributed by atoms with Gasteiger partial charge in [-0.05, 0) is 64.8 Å². The predicted octanol–water partition coefficient (Wildman–Crippen LogP) is 2.09. The lowest BCUT2D eigenvalue weighted by atomic mass is 10.1. The highest BCUT2D eigenvalue weighted by Crippen LogP contribution is 2.24. The first-order chi connectivity index (χ1) is 13.2. The molecule has 2 rings (SSSR count). The summed E-state index contributed by atoms with van der Waals surface area (Å²) in [4.78, 5) is 11.0. The second-order valence-corrected chi connectivity index (χ2v) is 7.14. The van der Waals surface area contributed by atoms with E-state index in [2.05, 4.69) is 32.4 Å². The number of hydrogen-bond donors (Lipinski definition) is 4. The smallest absolute Gasteiger partial charge is 0.320 e. The Bertz CT molecular complexity index is 535. The van der Waals surface area contributed by atoms with Crippen molar-refractivity contribution < 1.29 is 4.74 Å². The van der Waals surface area contributed by atoms with E-state index in [1.807, 2.05) is 0 Å². The molecule has 1 aromatic rings. The fourth-order valence-electron chi connectivity index (χ4n) is 3.13. The van der Waals surface area contributed by atoms with Crippen LogP contribution in [0, 0.1) is 0 Å². The second kappa shape index (κ2) is 12.6. The molecule has 0 spiro atoms. The van der Waals surface area contributed by atoms with Crippen molar-refractivity contribution in [3.05, 3.63) is 0 Å². The number of nitrogens with two attached hydrogens (primary N) is 2. The summed E-state index contributed by atoms with van der Waals surface area (Å²) in [6.45, 7) is 9.25. The van der Waals surface area contributed by atoms with Crippen molar-refractivity contribution in [2.45, 2.75) is 51.9 Å². The van der Waals surface area contributed by atoms with Gasteiger partial charge in [-0.3, -0.25) is 0 Å². The summed E-state index contributed by atoms with van der Waals surface area (Å²) in [6, 6.07) is 0.286. The summed E-state index contributed by atoms with van der Waals surface area (Å²) in [5, 5.41) is 6.75. The van der Waals surface area contributed by atoms with Crippen LogP contribution >= 0.6 is 0 Å². The van der Waals surface area contributed by atoms with Gasteiger partial charge in [0.25, 0.3) is 0 Å². The van der Waals surface area contributed by atoms with E-state index in [1.165, 1.54) is 45.3 Å². The van der Waals surface area contributed by atoms with Gasteiger partial charge < -0.3 is 31.7 Å². The topological polar surface area (TPSA) is 114 Å². The summed E-state index contributed by atoms with van der Waals surface area (Å²) in [5.41, 5.74) is 12.2. The molecule has 1 fully saturated rings. The Labute approximate surface area is 163 Å². The number of ether oxygens (including phenoxy) is 1. The minimum absolute atomic E-state index is 0.259. The van der Waals surface area contributed by atoms with Gasteiger partial charge in [0, 0.05) is 6.54 Å². The number of hydrogen-bond acceptors (Lipinski definition) is 8. The Morgan fingerprint density at radius 3 is 2.56 bits per heavy atom. The molecule has 2 heterocycles. The maximum atomic E-state index is 5.97. The molecule has 1 saturated heterocycles. The molecule has 27 heavy (non-hydrogen) atoms. The van der Waals surface area contributed by atoms with Crippen LogP contribution in [0.3, 0.4) is 0 Å². The Balaban J connectivity index is 1.58. The average Bonchev–Trinajstić information content (AvgIpc) is 2.68. The molecule has 0 bridgehead atoms. The number of anilines is 3. The molecule has 1 aliphatic rings. The Hall–Kier alpha value is -1.80. The molecule has 0 unspecified atom stereocenters. The lowest BCUT2D eigenvalue weighted by Crippen LogP contribution is -2.32. The number of nitrogens with zero attached hydrogens (tertiary/aromatic N) is 3. The first-order valence-corrected chi connectivity index (χ1v) is 10.4. The molecule has 1 aromatic heterocycles. The maximum absolute atomic E-state index is 5.97. The molecule has 8 nitrogen and oxygen atoms in total. The average molecular weight is 380 g/mol. The van der Waals surface area contributed by atoms with Crippen LogP contribution in [-0.4, -0.2) is 60.7 Å². The number of likely N-dealkylation sites (tertiary alicyclic amines) is 1. The second-order valence-electron chi connectivity index (χ2n) is 7.14. The molecular formula is C19H37N7O. The zero-order valence-electron chi connectivity index (χ0n) is 16.8. The van der Waals surface area contributed by atoms with Crippen molar-refractivity contribution in [2.24, 2.45) is 0 Å². The van der Waals surface area contributed by atoms with Gasteiger partial charge in [0.2, 0.25) is 0 Å². The lowest BCUT2D eigenvalue weighted by molar-refractivity contribution is 0.226. The molecule has 0 aliphatic carbocycles. The summed E-state index contributed by atoms with van der Waals surface area (Å²) >= 11 is 0. The SMILES string of the molecule is CCCCOc1nc(N)c(N)c(NCCCNCCCN2CCCCC2)n1. The van der Waals surface area contributed by atoms with Crippen LogP contribution in [0.2, 0.25) is 0 Å². The Kier molecular flexibility index (Phi) is 10.0. The molecule has 0 atom stereocenters. The number of rotatable bonds is 13. The lowest BCUT2D eigenvalue weighted by Gasteiger charge is -2.26. The largest absolute Gasteiger partial charge is 0.463 e. The van der Waals surface area contributed by atoms with Gasteiger partial charge in [-0.1, -0.05) is 19.8 Å². The van der Waals surface area contributed by atoms with E-state index in [9.17, 15) is 0 Å². The van der Waals surface area contributed by atoms with Crippen LogP contribution in [0.25, 0.3) is 0 Å². The van der Waals surface area contributed by atoms with E-state index in [-0.39, 0.29) is 11.8 Å². The van der Waals surface area contributed by atoms with Crippen LogP contribution in [0.5, 0.6) is 6.01 Å². The van der Waals surface area contributed by atoms with Crippen LogP contribution in [-0.2, 0) is 0 Å². The van der Waals surface area contributed by atoms with E-state index in [4.69, 9.17) is 16.2 Å². The Morgan fingerprint density at radius 1 is 1.00 bits per heavy atom. The molecule has 6 N–H and O–H groups in total. The third-order valence-corrected chi connectivity index (χ3v) is 4.78. The molecule has 0 saturated carbocycles. The summed E-state index contributed by atoms with van der Waals surface area (Å²) in [5.74, 6) is 0.814.